The Morgan fingerprint density at radius 1 is 0.846 bits per heavy atom. The first-order chi connectivity index (χ1) is 12.6. The molecule has 0 bridgehead atoms. The molecule has 9 nitrogen and oxygen atoms in total. The van der Waals surface area contributed by atoms with Gasteiger partial charge in [-0.15, -0.1) is 0 Å². The van der Waals surface area contributed by atoms with Crippen LogP contribution in [0.25, 0.3) is 0 Å². The number of nitrogens with one attached hydrogen (secondary N) is 1. The van der Waals surface area contributed by atoms with Gasteiger partial charge < -0.3 is 29.4 Å². The van der Waals surface area contributed by atoms with Gasteiger partial charge in [-0.3, -0.25) is 4.79 Å². The summed E-state index contributed by atoms with van der Waals surface area (Å²) in [6.07, 6.45) is 0. The van der Waals surface area contributed by atoms with Crippen LogP contribution in [-0.2, 0) is 28.5 Å². The first kappa shape index (κ1) is 21.6. The third kappa shape index (κ3) is 11.1. The average molecular weight is 369 g/mol. The Kier molecular flexibility index (Phi) is 11.4. The summed E-state index contributed by atoms with van der Waals surface area (Å²) >= 11 is 0. The van der Waals surface area contributed by atoms with Crippen molar-refractivity contribution in [3.05, 3.63) is 35.9 Å². The van der Waals surface area contributed by atoms with E-state index in [1.165, 1.54) is 0 Å². The molecule has 0 aliphatic rings. The van der Waals surface area contributed by atoms with Crippen molar-refractivity contribution in [1.82, 2.24) is 5.32 Å². The molecule has 0 aromatic heterocycles. The van der Waals surface area contributed by atoms with Gasteiger partial charge in [0.25, 0.3) is 0 Å². The second-order valence-corrected chi connectivity index (χ2v) is 4.96. The minimum atomic E-state index is -1.13. The van der Waals surface area contributed by atoms with Crippen LogP contribution in [0.4, 0.5) is 0 Å². The highest BCUT2D eigenvalue weighted by Crippen LogP contribution is 2.00. The van der Waals surface area contributed by atoms with Crippen molar-refractivity contribution in [3.8, 4) is 0 Å². The highest BCUT2D eigenvalue weighted by molar-refractivity contribution is 5.89. The van der Waals surface area contributed by atoms with Gasteiger partial charge in [0.1, 0.15) is 19.8 Å². The Morgan fingerprint density at radius 3 is 2.19 bits per heavy atom. The summed E-state index contributed by atoms with van der Waals surface area (Å²) in [5.74, 6) is -1.93. The summed E-state index contributed by atoms with van der Waals surface area (Å²) in [7, 11) is 0. The normalized spacial score (nSPS) is 10.3. The van der Waals surface area contributed by atoms with E-state index < -0.39 is 24.5 Å². The van der Waals surface area contributed by atoms with Gasteiger partial charge in [0, 0.05) is 6.54 Å². The zero-order chi connectivity index (χ0) is 19.0. The molecule has 26 heavy (non-hydrogen) atoms. The van der Waals surface area contributed by atoms with Gasteiger partial charge >= 0.3 is 11.9 Å². The highest BCUT2D eigenvalue weighted by Gasteiger charge is 2.05. The minimum Gasteiger partial charge on any atom is -0.480 e. The van der Waals surface area contributed by atoms with Gasteiger partial charge in [0.15, 0.2) is 0 Å². The fourth-order valence-corrected chi connectivity index (χ4v) is 1.72. The average Bonchev–Trinajstić information content (AvgIpc) is 2.63. The quantitative estimate of drug-likeness (QED) is 0.350. The molecule has 0 atom stereocenters. The zero-order valence-electron chi connectivity index (χ0n) is 14.3. The largest absolute Gasteiger partial charge is 0.480 e. The van der Waals surface area contributed by atoms with Gasteiger partial charge in [-0.2, -0.15) is 0 Å². The number of esters is 1. The fraction of sp³-hybridized carbons (Fsp3) is 0.471. The number of carbonyl (C=O) groups is 3. The lowest BCUT2D eigenvalue weighted by molar-refractivity contribution is -0.143. The van der Waals surface area contributed by atoms with Crippen LogP contribution in [0.5, 0.6) is 0 Å². The summed E-state index contributed by atoms with van der Waals surface area (Å²) < 4.78 is 20.2. The number of carbonyl (C=O) groups excluding carboxylic acids is 2. The summed E-state index contributed by atoms with van der Waals surface area (Å²) in [6, 6.07) is 8.69. The van der Waals surface area contributed by atoms with Crippen molar-refractivity contribution in [2.45, 2.75) is 0 Å². The lowest BCUT2D eigenvalue weighted by Gasteiger charge is -2.08. The monoisotopic (exact) mass is 369 g/mol. The first-order valence-electron chi connectivity index (χ1n) is 8.03. The third-order valence-electron chi connectivity index (χ3n) is 2.87. The molecule has 0 radical (unpaired) electrons. The molecule has 0 saturated carbocycles. The van der Waals surface area contributed by atoms with E-state index in [0.29, 0.717) is 18.8 Å². The number of benzene rings is 1. The summed E-state index contributed by atoms with van der Waals surface area (Å²) in [5.41, 5.74) is 0.492. The van der Waals surface area contributed by atoms with Crippen molar-refractivity contribution in [2.24, 2.45) is 0 Å². The number of ether oxygens (including phenoxy) is 4. The summed E-state index contributed by atoms with van der Waals surface area (Å²) in [4.78, 5) is 33.1. The highest BCUT2D eigenvalue weighted by atomic mass is 16.6. The second kappa shape index (κ2) is 13.8. The van der Waals surface area contributed by atoms with E-state index >= 15 is 0 Å². The molecule has 1 amide bonds. The van der Waals surface area contributed by atoms with Gasteiger partial charge in [-0.25, -0.2) is 9.59 Å². The molecule has 0 heterocycles. The predicted octanol–water partition coefficient (Wildman–Crippen LogP) is 0.0940. The van der Waals surface area contributed by atoms with Gasteiger partial charge in [-0.1, -0.05) is 18.2 Å². The van der Waals surface area contributed by atoms with Crippen molar-refractivity contribution >= 4 is 17.8 Å². The van der Waals surface area contributed by atoms with E-state index in [0.717, 1.165) is 0 Å². The summed E-state index contributed by atoms with van der Waals surface area (Å²) in [6.45, 7) is 0.830. The molecular weight excluding hydrogens is 346 g/mol. The van der Waals surface area contributed by atoms with Crippen LogP contribution in [0, 0.1) is 0 Å². The molecule has 0 spiro atoms. The number of aliphatic carboxylic acids is 1. The van der Waals surface area contributed by atoms with Crippen LogP contribution in [0.2, 0.25) is 0 Å². The minimum absolute atomic E-state index is 0.153. The van der Waals surface area contributed by atoms with Gasteiger partial charge in [0.05, 0.1) is 32.0 Å². The van der Waals surface area contributed by atoms with Crippen molar-refractivity contribution in [2.75, 3.05) is 52.8 Å². The SMILES string of the molecule is O=C(O)COCC(=O)NCCOCCOCCOC(=O)c1ccccc1. The smallest absolute Gasteiger partial charge is 0.338 e. The molecule has 1 aromatic carbocycles. The number of hydrogen-bond acceptors (Lipinski definition) is 7. The number of hydrogen-bond donors (Lipinski definition) is 2. The van der Waals surface area contributed by atoms with E-state index in [1.54, 1.807) is 24.3 Å². The Hall–Kier alpha value is -2.49. The lowest BCUT2D eigenvalue weighted by atomic mass is 10.2. The van der Waals surface area contributed by atoms with Crippen LogP contribution in [0.15, 0.2) is 30.3 Å². The van der Waals surface area contributed by atoms with Crippen LogP contribution in [-0.4, -0.2) is 75.7 Å². The summed E-state index contributed by atoms with van der Waals surface area (Å²) in [5, 5.41) is 10.9. The second-order valence-electron chi connectivity index (χ2n) is 4.96. The molecular formula is C17H23NO8. The Balaban J connectivity index is 1.87. The number of carboxylic acid groups (broad SMARTS) is 1. The van der Waals surface area contributed by atoms with E-state index in [4.69, 9.17) is 19.3 Å². The standard InChI is InChI=1S/C17H23NO8/c19-15(12-25-13-16(20)21)18-6-7-23-8-9-24-10-11-26-17(22)14-4-2-1-3-5-14/h1-5H,6-13H2,(H,18,19)(H,20,21). The number of rotatable bonds is 14. The fourth-order valence-electron chi connectivity index (χ4n) is 1.72. The molecule has 0 aliphatic heterocycles. The molecule has 0 unspecified atom stereocenters. The predicted molar refractivity (Wildman–Crippen MR) is 89.8 cm³/mol. The zero-order valence-corrected chi connectivity index (χ0v) is 14.3. The van der Waals surface area contributed by atoms with Crippen LogP contribution < -0.4 is 5.32 Å². The van der Waals surface area contributed by atoms with Crippen LogP contribution >= 0.6 is 0 Å². The van der Waals surface area contributed by atoms with Crippen LogP contribution in [0.1, 0.15) is 10.4 Å². The topological polar surface area (TPSA) is 120 Å². The molecule has 1 aromatic rings. The molecule has 144 valence electrons. The van der Waals surface area contributed by atoms with Crippen LogP contribution in [0.3, 0.4) is 0 Å². The molecule has 0 aliphatic carbocycles. The number of carboxylic acids is 1. The molecule has 9 heteroatoms. The maximum absolute atomic E-state index is 11.6. The molecule has 0 saturated heterocycles. The van der Waals surface area contributed by atoms with E-state index in [1.807, 2.05) is 6.07 Å². The van der Waals surface area contributed by atoms with Gasteiger partial charge in [0.2, 0.25) is 5.91 Å². The van der Waals surface area contributed by atoms with Crippen molar-refractivity contribution in [3.63, 3.8) is 0 Å². The molecule has 1 rings (SSSR count). The van der Waals surface area contributed by atoms with Crippen molar-refractivity contribution < 1.29 is 38.4 Å². The third-order valence-corrected chi connectivity index (χ3v) is 2.87. The van der Waals surface area contributed by atoms with Crippen molar-refractivity contribution in [1.29, 1.82) is 0 Å². The lowest BCUT2D eigenvalue weighted by Crippen LogP contribution is -2.31. The Bertz CT molecular complexity index is 549. The van der Waals surface area contributed by atoms with E-state index in [9.17, 15) is 14.4 Å². The van der Waals surface area contributed by atoms with E-state index in [2.05, 4.69) is 10.1 Å². The Labute approximate surface area is 151 Å². The maximum Gasteiger partial charge on any atom is 0.338 e. The first-order valence-corrected chi connectivity index (χ1v) is 8.03. The maximum atomic E-state index is 11.6. The Morgan fingerprint density at radius 2 is 1.50 bits per heavy atom. The molecule has 2 N–H and O–H groups in total. The van der Waals surface area contributed by atoms with E-state index in [-0.39, 0.29) is 33.0 Å². The number of amides is 1. The molecule has 0 fully saturated rings. The van der Waals surface area contributed by atoms with Gasteiger partial charge in [-0.05, 0) is 12.1 Å².